The predicted octanol–water partition coefficient (Wildman–Crippen LogP) is 3.69. The van der Waals surface area contributed by atoms with Crippen molar-refractivity contribution in [3.63, 3.8) is 0 Å². The lowest BCUT2D eigenvalue weighted by molar-refractivity contribution is -0.132. The van der Waals surface area contributed by atoms with Gasteiger partial charge in [-0.15, -0.1) is 5.10 Å². The van der Waals surface area contributed by atoms with Crippen LogP contribution in [0, 0.1) is 0 Å². The second-order valence-corrected chi connectivity index (χ2v) is 6.71. The smallest absolute Gasteiger partial charge is 0.308 e. The maximum absolute atomic E-state index is 11.2. The molecule has 0 fully saturated rings. The molecular weight excluding hydrogens is 454 g/mol. The Morgan fingerprint density at radius 1 is 1.13 bits per heavy atom. The lowest BCUT2D eigenvalue weighted by Crippen LogP contribution is -2.04. The molecule has 0 aliphatic rings. The Bertz CT molecular complexity index is 1090. The van der Waals surface area contributed by atoms with Crippen LogP contribution in [0.5, 0.6) is 17.2 Å². The van der Waals surface area contributed by atoms with Crippen LogP contribution in [0.3, 0.4) is 0 Å². The minimum atomic E-state index is -0.442. The van der Waals surface area contributed by atoms with Crippen molar-refractivity contribution in [1.82, 2.24) is 15.2 Å². The molecule has 0 aliphatic heterocycles. The maximum atomic E-state index is 11.2. The molecule has 0 unspecified atom stereocenters. The topological polar surface area (TPSA) is 108 Å². The van der Waals surface area contributed by atoms with Crippen LogP contribution in [-0.2, 0) is 4.79 Å². The minimum Gasteiger partial charge on any atom is -0.496 e. The van der Waals surface area contributed by atoms with Crippen molar-refractivity contribution in [3.8, 4) is 28.5 Å². The van der Waals surface area contributed by atoms with Gasteiger partial charge >= 0.3 is 5.97 Å². The molecule has 0 bridgehead atoms. The SMILES string of the molecule is COc1cc(/C=N/Nc2nncc(-c3ccccc3OC)n2)c(Br)cc1OC(C)=O. The fourth-order valence-corrected chi connectivity index (χ4v) is 2.97. The number of anilines is 1. The first-order valence-corrected chi connectivity index (χ1v) is 9.49. The van der Waals surface area contributed by atoms with Gasteiger partial charge < -0.3 is 14.2 Å². The quantitative estimate of drug-likeness (QED) is 0.240. The van der Waals surface area contributed by atoms with Crippen LogP contribution in [-0.4, -0.2) is 41.6 Å². The molecule has 1 aromatic heterocycles. The summed E-state index contributed by atoms with van der Waals surface area (Å²) in [6, 6.07) is 10.8. The Morgan fingerprint density at radius 3 is 2.63 bits per heavy atom. The average Bonchev–Trinajstić information content (AvgIpc) is 2.75. The molecule has 0 radical (unpaired) electrons. The lowest BCUT2D eigenvalue weighted by atomic mass is 10.1. The first-order chi connectivity index (χ1) is 14.5. The number of aromatic nitrogens is 3. The van der Waals surface area contributed by atoms with Crippen molar-refractivity contribution in [1.29, 1.82) is 0 Å². The zero-order valence-electron chi connectivity index (χ0n) is 16.4. The van der Waals surface area contributed by atoms with Crippen molar-refractivity contribution in [3.05, 3.63) is 52.6 Å². The predicted molar refractivity (Wildman–Crippen MR) is 115 cm³/mol. The third kappa shape index (κ3) is 5.09. The van der Waals surface area contributed by atoms with Crippen LogP contribution >= 0.6 is 15.9 Å². The molecule has 10 heteroatoms. The summed E-state index contributed by atoms with van der Waals surface area (Å²) < 4.78 is 16.4. The molecule has 3 aromatic rings. The number of methoxy groups -OCH3 is 2. The van der Waals surface area contributed by atoms with Gasteiger partial charge in [0.25, 0.3) is 5.95 Å². The van der Waals surface area contributed by atoms with Gasteiger partial charge in [-0.2, -0.15) is 10.2 Å². The van der Waals surface area contributed by atoms with Crippen molar-refractivity contribution >= 4 is 34.1 Å². The highest BCUT2D eigenvalue weighted by Crippen LogP contribution is 2.33. The van der Waals surface area contributed by atoms with E-state index in [4.69, 9.17) is 14.2 Å². The number of hydrazone groups is 1. The van der Waals surface area contributed by atoms with Crippen molar-refractivity contribution in [2.45, 2.75) is 6.92 Å². The minimum absolute atomic E-state index is 0.217. The Morgan fingerprint density at radius 2 is 1.90 bits per heavy atom. The summed E-state index contributed by atoms with van der Waals surface area (Å²) in [4.78, 5) is 15.6. The molecule has 1 heterocycles. The fourth-order valence-electron chi connectivity index (χ4n) is 2.54. The molecule has 1 N–H and O–H groups in total. The second kappa shape index (κ2) is 9.79. The summed E-state index contributed by atoms with van der Waals surface area (Å²) in [5.41, 5.74) is 4.81. The zero-order chi connectivity index (χ0) is 21.5. The number of hydrogen-bond donors (Lipinski definition) is 1. The molecule has 0 saturated carbocycles. The normalized spacial score (nSPS) is 10.7. The number of nitrogens with zero attached hydrogens (tertiary/aromatic N) is 4. The van der Waals surface area contributed by atoms with E-state index in [1.54, 1.807) is 31.7 Å². The number of nitrogens with one attached hydrogen (secondary N) is 1. The van der Waals surface area contributed by atoms with Crippen LogP contribution in [0.4, 0.5) is 5.95 Å². The monoisotopic (exact) mass is 471 g/mol. The highest BCUT2D eigenvalue weighted by Gasteiger charge is 2.12. The van der Waals surface area contributed by atoms with Crippen LogP contribution in [0.15, 0.2) is 52.2 Å². The summed E-state index contributed by atoms with van der Waals surface area (Å²) in [5.74, 6) is 1.15. The van der Waals surface area contributed by atoms with Crippen molar-refractivity contribution in [2.75, 3.05) is 19.6 Å². The molecule has 0 atom stereocenters. The van der Waals surface area contributed by atoms with Crippen LogP contribution in [0.1, 0.15) is 12.5 Å². The number of esters is 1. The van der Waals surface area contributed by atoms with E-state index in [9.17, 15) is 4.79 Å². The third-order valence-electron chi connectivity index (χ3n) is 3.85. The molecule has 0 aliphatic carbocycles. The molecule has 154 valence electrons. The Hall–Kier alpha value is -3.53. The van der Waals surface area contributed by atoms with E-state index in [2.05, 4.69) is 41.6 Å². The molecule has 9 nitrogen and oxygen atoms in total. The fraction of sp³-hybridized carbons (Fsp3) is 0.150. The Kier molecular flexibility index (Phi) is 6.91. The van der Waals surface area contributed by atoms with E-state index in [1.165, 1.54) is 14.0 Å². The lowest BCUT2D eigenvalue weighted by Gasteiger charge is -2.10. The van der Waals surface area contributed by atoms with Gasteiger partial charge in [0.05, 0.1) is 32.3 Å². The van der Waals surface area contributed by atoms with Crippen LogP contribution < -0.4 is 19.6 Å². The van der Waals surface area contributed by atoms with E-state index in [1.807, 2.05) is 24.3 Å². The number of ether oxygens (including phenoxy) is 3. The maximum Gasteiger partial charge on any atom is 0.308 e. The van der Waals surface area contributed by atoms with Gasteiger partial charge in [-0.05, 0) is 40.2 Å². The molecule has 0 saturated heterocycles. The number of para-hydroxylation sites is 1. The largest absolute Gasteiger partial charge is 0.496 e. The molecule has 2 aromatic carbocycles. The summed E-state index contributed by atoms with van der Waals surface area (Å²) in [5, 5.41) is 12.0. The first-order valence-electron chi connectivity index (χ1n) is 8.70. The van der Waals surface area contributed by atoms with Gasteiger partial charge in [0.2, 0.25) is 0 Å². The van der Waals surface area contributed by atoms with E-state index < -0.39 is 5.97 Å². The van der Waals surface area contributed by atoms with Crippen LogP contribution in [0.25, 0.3) is 11.3 Å². The highest BCUT2D eigenvalue weighted by atomic mass is 79.9. The Balaban J connectivity index is 1.80. The second-order valence-electron chi connectivity index (χ2n) is 5.85. The van der Waals surface area contributed by atoms with Gasteiger partial charge in [0.15, 0.2) is 11.5 Å². The summed E-state index contributed by atoms with van der Waals surface area (Å²) in [6.45, 7) is 1.32. The molecular formula is C20H18BrN5O4. The molecule has 3 rings (SSSR count). The standard InChI is InChI=1S/C20H18BrN5O4/c1-12(27)30-19-9-15(21)13(8-18(19)29-3)10-22-25-20-24-16(11-23-26-20)14-6-4-5-7-17(14)28-2/h4-11H,1-3H3,(H,24,25,26)/b22-10+. The van der Waals surface area contributed by atoms with E-state index in [0.717, 1.165) is 5.56 Å². The third-order valence-corrected chi connectivity index (χ3v) is 4.53. The number of hydrogen-bond acceptors (Lipinski definition) is 9. The zero-order valence-corrected chi connectivity index (χ0v) is 18.0. The number of benzene rings is 2. The van der Waals surface area contributed by atoms with Crippen LogP contribution in [0.2, 0.25) is 0 Å². The molecule has 30 heavy (non-hydrogen) atoms. The van der Waals surface area contributed by atoms with Gasteiger partial charge in [-0.25, -0.2) is 10.4 Å². The number of carbonyl (C=O) groups excluding carboxylic acids is 1. The summed E-state index contributed by atoms with van der Waals surface area (Å²) in [6.07, 6.45) is 3.09. The summed E-state index contributed by atoms with van der Waals surface area (Å²) in [7, 11) is 3.08. The average molecular weight is 472 g/mol. The summed E-state index contributed by atoms with van der Waals surface area (Å²) >= 11 is 3.42. The van der Waals surface area contributed by atoms with Gasteiger partial charge in [0.1, 0.15) is 5.75 Å². The van der Waals surface area contributed by atoms with E-state index >= 15 is 0 Å². The number of carbonyl (C=O) groups is 1. The van der Waals surface area contributed by atoms with Gasteiger partial charge in [-0.1, -0.05) is 12.1 Å². The van der Waals surface area contributed by atoms with Gasteiger partial charge in [0, 0.05) is 22.5 Å². The highest BCUT2D eigenvalue weighted by molar-refractivity contribution is 9.10. The van der Waals surface area contributed by atoms with Gasteiger partial charge in [-0.3, -0.25) is 4.79 Å². The van der Waals surface area contributed by atoms with Crippen molar-refractivity contribution < 1.29 is 19.0 Å². The first kappa shape index (κ1) is 21.2. The molecule has 0 amide bonds. The van der Waals surface area contributed by atoms with E-state index in [0.29, 0.717) is 33.0 Å². The number of halogens is 1. The molecule has 0 spiro atoms. The van der Waals surface area contributed by atoms with Crippen molar-refractivity contribution in [2.24, 2.45) is 5.10 Å². The Labute approximate surface area is 181 Å². The van der Waals surface area contributed by atoms with E-state index in [-0.39, 0.29) is 5.95 Å². The number of rotatable bonds is 7.